The van der Waals surface area contributed by atoms with Gasteiger partial charge < -0.3 is 14.8 Å². The number of amides is 1. The van der Waals surface area contributed by atoms with Crippen molar-refractivity contribution in [2.75, 3.05) is 5.32 Å². The van der Waals surface area contributed by atoms with Gasteiger partial charge in [-0.25, -0.2) is 9.78 Å². The van der Waals surface area contributed by atoms with Crippen molar-refractivity contribution >= 4 is 43.4 Å². The monoisotopic (exact) mass is 448 g/mol. The van der Waals surface area contributed by atoms with Crippen LogP contribution in [0.2, 0.25) is 0 Å². The van der Waals surface area contributed by atoms with Crippen LogP contribution in [-0.4, -0.2) is 25.1 Å². The molecule has 0 aliphatic heterocycles. The van der Waals surface area contributed by atoms with Gasteiger partial charge in [0, 0.05) is 10.1 Å². The van der Waals surface area contributed by atoms with Crippen LogP contribution in [-0.2, 0) is 17.9 Å². The Labute approximate surface area is 183 Å². The third kappa shape index (κ3) is 3.46. The van der Waals surface area contributed by atoms with Gasteiger partial charge in [-0.05, 0) is 30.3 Å². The van der Waals surface area contributed by atoms with Gasteiger partial charge in [0.15, 0.2) is 0 Å². The lowest BCUT2D eigenvalue weighted by atomic mass is 10.2. The number of nitrogens with zero attached hydrogens (tertiary/aromatic N) is 3. The molecular weight excluding hydrogens is 432 g/mol. The minimum absolute atomic E-state index is 0.0318. The highest BCUT2D eigenvalue weighted by Crippen LogP contribution is 2.30. The van der Waals surface area contributed by atoms with Gasteiger partial charge in [0.05, 0.1) is 24.5 Å². The number of nitrogens with one attached hydrogen (secondary N) is 1. The van der Waals surface area contributed by atoms with Crippen molar-refractivity contribution in [2.45, 2.75) is 13.1 Å². The Morgan fingerprint density at radius 2 is 1.94 bits per heavy atom. The minimum atomic E-state index is -0.615. The first-order chi connectivity index (χ1) is 15.5. The summed E-state index contributed by atoms with van der Waals surface area (Å²) in [4.78, 5) is 43.2. The maximum absolute atomic E-state index is 13.4. The molecule has 4 aromatic heterocycles. The van der Waals surface area contributed by atoms with Gasteiger partial charge in [-0.3, -0.25) is 18.7 Å². The number of anilines is 1. The molecule has 5 rings (SSSR count). The van der Waals surface area contributed by atoms with E-state index in [-0.39, 0.29) is 24.7 Å². The molecule has 0 radical (unpaired) electrons. The SMILES string of the molecule is O=C(Cn1c(=O)n(Cc2ccco2)c(=O)c2sc3ccccc3c21)Nc1ccc(O)cn1. The van der Waals surface area contributed by atoms with Crippen molar-refractivity contribution in [3.05, 3.63) is 87.6 Å². The largest absolute Gasteiger partial charge is 0.506 e. The second kappa shape index (κ2) is 7.82. The molecule has 1 amide bonds. The van der Waals surface area contributed by atoms with Crippen LogP contribution >= 0.6 is 11.3 Å². The smallest absolute Gasteiger partial charge is 0.332 e. The van der Waals surface area contributed by atoms with Gasteiger partial charge >= 0.3 is 5.69 Å². The molecule has 32 heavy (non-hydrogen) atoms. The van der Waals surface area contributed by atoms with Crippen molar-refractivity contribution in [3.8, 4) is 5.75 Å². The summed E-state index contributed by atoms with van der Waals surface area (Å²) in [5.41, 5.74) is -0.624. The first-order valence-corrected chi connectivity index (χ1v) is 10.4. The number of hydrogen-bond acceptors (Lipinski definition) is 7. The van der Waals surface area contributed by atoms with E-state index in [1.54, 1.807) is 12.1 Å². The van der Waals surface area contributed by atoms with Gasteiger partial charge in [0.1, 0.15) is 28.6 Å². The third-order valence-corrected chi connectivity index (χ3v) is 6.10. The number of fused-ring (bicyclic) bond motifs is 3. The predicted octanol–water partition coefficient (Wildman–Crippen LogP) is 2.76. The average Bonchev–Trinajstić information content (AvgIpc) is 3.44. The van der Waals surface area contributed by atoms with Gasteiger partial charge in [-0.1, -0.05) is 18.2 Å². The normalized spacial score (nSPS) is 11.2. The molecule has 0 fully saturated rings. The molecule has 0 aliphatic carbocycles. The molecule has 2 N–H and O–H groups in total. The number of carbonyl (C=O) groups excluding carboxylic acids is 1. The van der Waals surface area contributed by atoms with E-state index in [2.05, 4.69) is 10.3 Å². The number of hydrogen-bond donors (Lipinski definition) is 2. The molecular formula is C22H16N4O5S. The first kappa shape index (κ1) is 19.8. The molecule has 0 atom stereocenters. The average molecular weight is 448 g/mol. The lowest BCUT2D eigenvalue weighted by Crippen LogP contribution is -2.41. The van der Waals surface area contributed by atoms with E-state index < -0.39 is 17.2 Å². The summed E-state index contributed by atoms with van der Waals surface area (Å²) in [7, 11) is 0. The standard InChI is InChI=1S/C22H16N4O5S/c27-13-7-8-17(23-10-13)24-18(28)12-25-19-15-5-1-2-6-16(15)32-20(19)21(29)26(22(25)30)11-14-4-3-9-31-14/h1-10,27H,11-12H2,(H,23,24,28). The highest BCUT2D eigenvalue weighted by atomic mass is 32.1. The van der Waals surface area contributed by atoms with Crippen LogP contribution in [0.1, 0.15) is 5.76 Å². The fraction of sp³-hybridized carbons (Fsp3) is 0.0909. The topological polar surface area (TPSA) is 119 Å². The van der Waals surface area contributed by atoms with Crippen molar-refractivity contribution in [1.29, 1.82) is 0 Å². The molecule has 0 saturated carbocycles. The number of carbonyl (C=O) groups is 1. The second-order valence-electron chi connectivity index (χ2n) is 7.07. The number of rotatable bonds is 5. The maximum Gasteiger partial charge on any atom is 0.332 e. The summed E-state index contributed by atoms with van der Waals surface area (Å²) < 4.78 is 8.91. The highest BCUT2D eigenvalue weighted by molar-refractivity contribution is 7.25. The van der Waals surface area contributed by atoms with Gasteiger partial charge in [-0.2, -0.15) is 0 Å². The molecule has 0 saturated heterocycles. The van der Waals surface area contributed by atoms with Gasteiger partial charge in [0.2, 0.25) is 5.91 Å². The van der Waals surface area contributed by atoms with E-state index in [0.717, 1.165) is 14.7 Å². The molecule has 4 heterocycles. The predicted molar refractivity (Wildman–Crippen MR) is 120 cm³/mol. The molecule has 1 aromatic carbocycles. The third-order valence-electron chi connectivity index (χ3n) is 4.95. The summed E-state index contributed by atoms with van der Waals surface area (Å²) in [6, 6.07) is 13.5. The van der Waals surface area contributed by atoms with Crippen molar-refractivity contribution < 1.29 is 14.3 Å². The number of furan rings is 1. The van der Waals surface area contributed by atoms with E-state index in [4.69, 9.17) is 4.42 Å². The van der Waals surface area contributed by atoms with Gasteiger partial charge in [0.25, 0.3) is 5.56 Å². The molecule has 5 aromatic rings. The van der Waals surface area contributed by atoms with Crippen LogP contribution in [0.5, 0.6) is 5.75 Å². The van der Waals surface area contributed by atoms with Crippen molar-refractivity contribution in [2.24, 2.45) is 0 Å². The Kier molecular flexibility index (Phi) is 4.83. The number of benzene rings is 1. The summed E-state index contributed by atoms with van der Waals surface area (Å²) in [5.74, 6) is 0.158. The Bertz CT molecular complexity index is 1560. The van der Waals surface area contributed by atoms with Crippen LogP contribution in [0.25, 0.3) is 20.3 Å². The summed E-state index contributed by atoms with van der Waals surface area (Å²) >= 11 is 1.28. The number of aromatic hydroxyl groups is 1. The van der Waals surface area contributed by atoms with Crippen LogP contribution in [0.4, 0.5) is 5.82 Å². The van der Waals surface area contributed by atoms with E-state index in [0.29, 0.717) is 16.0 Å². The fourth-order valence-electron chi connectivity index (χ4n) is 3.53. The lowest BCUT2D eigenvalue weighted by Gasteiger charge is -2.12. The Balaban J connectivity index is 1.65. The molecule has 160 valence electrons. The van der Waals surface area contributed by atoms with Crippen LogP contribution in [0.3, 0.4) is 0 Å². The molecule has 9 nitrogen and oxygen atoms in total. The molecule has 0 unspecified atom stereocenters. The zero-order valence-corrected chi connectivity index (χ0v) is 17.3. The minimum Gasteiger partial charge on any atom is -0.506 e. The summed E-state index contributed by atoms with van der Waals surface area (Å²) in [6.07, 6.45) is 2.67. The summed E-state index contributed by atoms with van der Waals surface area (Å²) in [5, 5.41) is 12.7. The molecule has 0 bridgehead atoms. The van der Waals surface area contributed by atoms with Crippen molar-refractivity contribution in [3.63, 3.8) is 0 Å². The van der Waals surface area contributed by atoms with E-state index in [1.165, 1.54) is 40.5 Å². The van der Waals surface area contributed by atoms with Crippen molar-refractivity contribution in [1.82, 2.24) is 14.1 Å². The Hall–Kier alpha value is -4.18. The zero-order chi connectivity index (χ0) is 22.2. The fourth-order valence-corrected chi connectivity index (χ4v) is 4.68. The second-order valence-corrected chi connectivity index (χ2v) is 8.12. The molecule has 10 heteroatoms. The van der Waals surface area contributed by atoms with E-state index in [1.807, 2.05) is 24.3 Å². The quantitative estimate of drug-likeness (QED) is 0.427. The first-order valence-electron chi connectivity index (χ1n) is 9.63. The van der Waals surface area contributed by atoms with Crippen LogP contribution in [0, 0.1) is 0 Å². The van der Waals surface area contributed by atoms with E-state index >= 15 is 0 Å². The number of thiophene rings is 1. The Morgan fingerprint density at radius 3 is 2.69 bits per heavy atom. The summed E-state index contributed by atoms with van der Waals surface area (Å²) in [6.45, 7) is -0.368. The molecule has 0 aliphatic rings. The zero-order valence-electron chi connectivity index (χ0n) is 16.5. The molecule has 0 spiro atoms. The maximum atomic E-state index is 13.4. The van der Waals surface area contributed by atoms with Crippen LogP contribution in [0.15, 0.2) is 75.0 Å². The van der Waals surface area contributed by atoms with Gasteiger partial charge in [-0.15, -0.1) is 11.3 Å². The van der Waals surface area contributed by atoms with Crippen LogP contribution < -0.4 is 16.6 Å². The lowest BCUT2D eigenvalue weighted by molar-refractivity contribution is -0.116. The Morgan fingerprint density at radius 1 is 1.09 bits per heavy atom. The number of aromatic nitrogens is 3. The highest BCUT2D eigenvalue weighted by Gasteiger charge is 2.20. The number of pyridine rings is 1. The van der Waals surface area contributed by atoms with E-state index in [9.17, 15) is 19.5 Å².